The lowest BCUT2D eigenvalue weighted by Gasteiger charge is -2.14. The Morgan fingerprint density at radius 3 is 2.71 bits per heavy atom. The predicted octanol–water partition coefficient (Wildman–Crippen LogP) is 2.59. The Labute approximate surface area is 126 Å². The number of aliphatic hydroxyl groups is 1. The molecule has 0 amide bonds. The van der Waals surface area contributed by atoms with Crippen LogP contribution in [0.2, 0.25) is 0 Å². The number of aromatic nitrogens is 1. The number of nitrogens with zero attached hydrogens (tertiary/aromatic N) is 1. The Hall–Kier alpha value is -1.75. The number of pyridine rings is 1. The highest BCUT2D eigenvalue weighted by molar-refractivity contribution is 5.96. The van der Waals surface area contributed by atoms with Gasteiger partial charge >= 0.3 is 0 Å². The first-order valence-electron chi connectivity index (χ1n) is 7.34. The fraction of sp³-hybridized carbons (Fsp3) is 0.562. The van der Waals surface area contributed by atoms with Gasteiger partial charge in [-0.1, -0.05) is 13.8 Å². The third-order valence-electron chi connectivity index (χ3n) is 2.79. The van der Waals surface area contributed by atoms with Crippen molar-refractivity contribution in [2.45, 2.75) is 46.0 Å². The van der Waals surface area contributed by atoms with Crippen LogP contribution in [0.4, 0.5) is 0 Å². The summed E-state index contributed by atoms with van der Waals surface area (Å²) in [6.45, 7) is 4.51. The quantitative estimate of drug-likeness (QED) is 0.667. The molecule has 0 saturated heterocycles. The number of ketones is 1. The van der Waals surface area contributed by atoms with Gasteiger partial charge in [0.15, 0.2) is 5.78 Å². The van der Waals surface area contributed by atoms with E-state index in [0.717, 1.165) is 31.8 Å². The third-order valence-corrected chi connectivity index (χ3v) is 2.79. The second-order valence-electron chi connectivity index (χ2n) is 4.11. The standard InChI is InChI=1S/C13H15NO3.C2H6.CH4O/c15-6-1-2-7-17-11-8-10-4-3-5-12(16)13(10)14-9-11;2*1-2/h6,8-9H,1-5,7H2;1-2H3;2H,1H3. The van der Waals surface area contributed by atoms with Crippen LogP contribution in [0.1, 0.15) is 55.6 Å². The molecular formula is C16H25NO4. The summed E-state index contributed by atoms with van der Waals surface area (Å²) in [5, 5.41) is 7.00. The van der Waals surface area contributed by atoms with Crippen LogP contribution in [-0.4, -0.2) is 35.9 Å². The molecule has 118 valence electrons. The molecule has 0 aliphatic heterocycles. The number of ether oxygens (including phenoxy) is 1. The number of carbonyl (C=O) groups is 2. The van der Waals surface area contributed by atoms with E-state index in [1.165, 1.54) is 0 Å². The van der Waals surface area contributed by atoms with Gasteiger partial charge in [0.2, 0.25) is 0 Å². The second kappa shape index (κ2) is 12.0. The lowest BCUT2D eigenvalue weighted by atomic mass is 9.95. The minimum absolute atomic E-state index is 0.124. The molecule has 0 radical (unpaired) electrons. The van der Waals surface area contributed by atoms with E-state index in [9.17, 15) is 9.59 Å². The molecular weight excluding hydrogens is 270 g/mol. The van der Waals surface area contributed by atoms with Crippen molar-refractivity contribution in [2.75, 3.05) is 13.7 Å². The van der Waals surface area contributed by atoms with Crippen LogP contribution in [-0.2, 0) is 11.2 Å². The van der Waals surface area contributed by atoms with Crippen molar-refractivity contribution in [3.8, 4) is 5.75 Å². The first-order chi connectivity index (χ1) is 10.3. The van der Waals surface area contributed by atoms with Crippen molar-refractivity contribution >= 4 is 12.1 Å². The van der Waals surface area contributed by atoms with Gasteiger partial charge in [0.1, 0.15) is 17.7 Å². The number of fused-ring (bicyclic) bond motifs is 1. The van der Waals surface area contributed by atoms with Crippen molar-refractivity contribution in [2.24, 2.45) is 0 Å². The lowest BCUT2D eigenvalue weighted by molar-refractivity contribution is -0.108. The Morgan fingerprint density at radius 2 is 2.05 bits per heavy atom. The Kier molecular flexibility index (Phi) is 11.0. The molecule has 0 unspecified atom stereocenters. The molecule has 1 aromatic rings. The fourth-order valence-corrected chi connectivity index (χ4v) is 1.92. The third kappa shape index (κ3) is 6.49. The van der Waals surface area contributed by atoms with E-state index < -0.39 is 0 Å². The van der Waals surface area contributed by atoms with Crippen LogP contribution in [0.15, 0.2) is 12.3 Å². The zero-order chi connectivity index (χ0) is 16.1. The first kappa shape index (κ1) is 19.2. The van der Waals surface area contributed by atoms with E-state index in [-0.39, 0.29) is 5.78 Å². The number of aryl methyl sites for hydroxylation is 1. The molecule has 1 aliphatic carbocycles. The number of aliphatic hydroxyl groups excluding tert-OH is 1. The van der Waals surface area contributed by atoms with Crippen LogP contribution >= 0.6 is 0 Å². The second-order valence-corrected chi connectivity index (χ2v) is 4.11. The molecule has 0 aromatic carbocycles. The average Bonchev–Trinajstić information content (AvgIpc) is 2.55. The summed E-state index contributed by atoms with van der Waals surface area (Å²) >= 11 is 0. The van der Waals surface area contributed by atoms with Crippen LogP contribution in [0.5, 0.6) is 5.75 Å². The van der Waals surface area contributed by atoms with Gasteiger partial charge in [0.05, 0.1) is 12.8 Å². The predicted molar refractivity (Wildman–Crippen MR) is 81.8 cm³/mol. The summed E-state index contributed by atoms with van der Waals surface area (Å²) < 4.78 is 5.48. The van der Waals surface area contributed by atoms with E-state index in [4.69, 9.17) is 9.84 Å². The van der Waals surface area contributed by atoms with Gasteiger partial charge in [-0.2, -0.15) is 0 Å². The normalized spacial score (nSPS) is 12.1. The summed E-state index contributed by atoms with van der Waals surface area (Å²) in [6.07, 6.45) is 6.06. The van der Waals surface area contributed by atoms with Crippen LogP contribution < -0.4 is 4.74 Å². The van der Waals surface area contributed by atoms with Gasteiger partial charge in [0.25, 0.3) is 0 Å². The maximum Gasteiger partial charge on any atom is 0.181 e. The molecule has 0 fully saturated rings. The monoisotopic (exact) mass is 295 g/mol. The SMILES string of the molecule is CC.CO.O=CCCCOc1cnc2c(c1)CCCC2=O. The maximum absolute atomic E-state index is 11.6. The fourth-order valence-electron chi connectivity index (χ4n) is 1.92. The highest BCUT2D eigenvalue weighted by Crippen LogP contribution is 2.23. The van der Waals surface area contributed by atoms with Gasteiger partial charge in [-0.3, -0.25) is 4.79 Å². The Balaban J connectivity index is 0.000000921. The van der Waals surface area contributed by atoms with E-state index in [2.05, 4.69) is 4.98 Å². The smallest absolute Gasteiger partial charge is 0.181 e. The van der Waals surface area contributed by atoms with Crippen molar-refractivity contribution in [3.63, 3.8) is 0 Å². The maximum atomic E-state index is 11.6. The highest BCUT2D eigenvalue weighted by atomic mass is 16.5. The molecule has 0 spiro atoms. The van der Waals surface area contributed by atoms with Crippen LogP contribution in [0.25, 0.3) is 0 Å². The summed E-state index contributed by atoms with van der Waals surface area (Å²) in [5.74, 6) is 0.808. The van der Waals surface area contributed by atoms with E-state index in [1.54, 1.807) is 6.20 Å². The molecule has 1 aliphatic rings. The molecule has 5 nitrogen and oxygen atoms in total. The van der Waals surface area contributed by atoms with Crippen molar-refractivity contribution in [1.29, 1.82) is 0 Å². The number of hydrogen-bond acceptors (Lipinski definition) is 5. The van der Waals surface area contributed by atoms with Gasteiger partial charge in [-0.25, -0.2) is 4.98 Å². The summed E-state index contributed by atoms with van der Waals surface area (Å²) in [7, 11) is 1.00. The van der Waals surface area contributed by atoms with Gasteiger partial charge in [0, 0.05) is 20.0 Å². The van der Waals surface area contributed by atoms with Gasteiger partial charge in [-0.15, -0.1) is 0 Å². The van der Waals surface area contributed by atoms with Crippen molar-refractivity contribution < 1.29 is 19.4 Å². The number of carbonyl (C=O) groups excluding carboxylic acids is 2. The minimum Gasteiger partial charge on any atom is -0.492 e. The molecule has 0 saturated carbocycles. The van der Waals surface area contributed by atoms with Crippen molar-refractivity contribution in [1.82, 2.24) is 4.98 Å². The van der Waals surface area contributed by atoms with E-state index >= 15 is 0 Å². The minimum atomic E-state index is 0.124. The Bertz CT molecular complexity index is 432. The largest absolute Gasteiger partial charge is 0.492 e. The molecule has 0 bridgehead atoms. The molecule has 1 heterocycles. The molecule has 21 heavy (non-hydrogen) atoms. The van der Waals surface area contributed by atoms with Gasteiger partial charge < -0.3 is 14.6 Å². The Morgan fingerprint density at radius 1 is 1.33 bits per heavy atom. The van der Waals surface area contributed by atoms with Crippen LogP contribution in [0, 0.1) is 0 Å². The summed E-state index contributed by atoms with van der Waals surface area (Å²) in [5.41, 5.74) is 1.57. The zero-order valence-electron chi connectivity index (χ0n) is 13.1. The molecule has 1 aromatic heterocycles. The van der Waals surface area contributed by atoms with Crippen molar-refractivity contribution in [3.05, 3.63) is 23.5 Å². The van der Waals surface area contributed by atoms with Crippen LogP contribution in [0.3, 0.4) is 0 Å². The number of Topliss-reactive ketones (excluding diaryl/α,β-unsaturated/α-hetero) is 1. The molecule has 5 heteroatoms. The topological polar surface area (TPSA) is 76.5 Å². The van der Waals surface area contributed by atoms with E-state index in [0.29, 0.717) is 37.3 Å². The number of unbranched alkanes of at least 4 members (excludes halogenated alkanes) is 1. The number of hydrogen-bond donors (Lipinski definition) is 1. The number of rotatable bonds is 5. The summed E-state index contributed by atoms with van der Waals surface area (Å²) in [6, 6.07) is 1.89. The number of aldehydes is 1. The summed E-state index contributed by atoms with van der Waals surface area (Å²) in [4.78, 5) is 25.8. The zero-order valence-corrected chi connectivity index (χ0v) is 13.1. The molecule has 1 N–H and O–H groups in total. The van der Waals surface area contributed by atoms with E-state index in [1.807, 2.05) is 19.9 Å². The van der Waals surface area contributed by atoms with Gasteiger partial charge in [-0.05, 0) is 30.9 Å². The highest BCUT2D eigenvalue weighted by Gasteiger charge is 2.18. The first-order valence-corrected chi connectivity index (χ1v) is 7.34. The molecule has 0 atom stereocenters. The lowest BCUT2D eigenvalue weighted by Crippen LogP contribution is -2.13. The molecule has 2 rings (SSSR count). The average molecular weight is 295 g/mol.